The number of anilines is 2. The number of hydrogen-bond acceptors (Lipinski definition) is 2. The lowest BCUT2D eigenvalue weighted by Crippen LogP contribution is -2.41. The van der Waals surface area contributed by atoms with Gasteiger partial charge in [0.25, 0.3) is 11.8 Å². The van der Waals surface area contributed by atoms with E-state index in [9.17, 15) is 9.59 Å². The number of hydrogen-bond donors (Lipinski definition) is 2. The first-order valence-corrected chi connectivity index (χ1v) is 15.6. The molecule has 42 heavy (non-hydrogen) atoms. The van der Waals surface area contributed by atoms with E-state index < -0.39 is 0 Å². The van der Waals surface area contributed by atoms with Crippen LogP contribution in [0.25, 0.3) is 0 Å². The van der Waals surface area contributed by atoms with Gasteiger partial charge in [-0.2, -0.15) is 0 Å². The molecule has 0 fully saturated rings. The van der Waals surface area contributed by atoms with E-state index in [0.29, 0.717) is 11.1 Å². The lowest BCUT2D eigenvalue weighted by molar-refractivity contribution is -0.113. The van der Waals surface area contributed by atoms with Gasteiger partial charge in [-0.3, -0.25) is 18.6 Å². The van der Waals surface area contributed by atoms with Gasteiger partial charge in [0.1, 0.15) is 11.4 Å². The third-order valence-corrected chi connectivity index (χ3v) is 8.11. The van der Waals surface area contributed by atoms with E-state index >= 15 is 0 Å². The van der Waals surface area contributed by atoms with Crippen LogP contribution in [0.2, 0.25) is 0 Å². The minimum Gasteiger partial charge on any atom is -0.322 e. The third kappa shape index (κ3) is 12.3. The van der Waals surface area contributed by atoms with Crippen molar-refractivity contribution in [2.45, 2.75) is 78.1 Å². The molecule has 6 nitrogen and oxygen atoms in total. The summed E-state index contributed by atoms with van der Waals surface area (Å²) in [5.41, 5.74) is 5.16. The summed E-state index contributed by atoms with van der Waals surface area (Å²) < 4.78 is 1.70. The van der Waals surface area contributed by atoms with Crippen molar-refractivity contribution in [1.82, 2.24) is 8.97 Å². The Morgan fingerprint density at radius 1 is 0.524 bits per heavy atom. The highest BCUT2D eigenvalue weighted by Crippen LogP contribution is 2.24. The van der Waals surface area contributed by atoms with Gasteiger partial charge in [0.2, 0.25) is 0 Å². The van der Waals surface area contributed by atoms with Gasteiger partial charge in [0.05, 0.1) is 41.3 Å². The second-order valence-corrected chi connectivity index (χ2v) is 12.9. The molecule has 0 aromatic heterocycles. The molecule has 0 spiro atoms. The Hall–Kier alpha value is -3.22. The lowest BCUT2D eigenvalue weighted by atomic mass is 10.1. The lowest BCUT2D eigenvalue weighted by Gasteiger charge is -2.29. The topological polar surface area (TPSA) is 58.2 Å². The van der Waals surface area contributed by atoms with E-state index in [-0.39, 0.29) is 11.8 Å². The minimum atomic E-state index is -0.136. The monoisotopic (exact) mass is 576 g/mol. The summed E-state index contributed by atoms with van der Waals surface area (Å²) in [5.74, 6) is -0.273. The predicted molar refractivity (Wildman–Crippen MR) is 183 cm³/mol. The number of benzene rings is 2. The fourth-order valence-electron chi connectivity index (χ4n) is 5.06. The van der Waals surface area contributed by atoms with Crippen LogP contribution in [0.1, 0.15) is 78.1 Å². The van der Waals surface area contributed by atoms with Crippen LogP contribution in [0.4, 0.5) is 22.7 Å². The third-order valence-electron chi connectivity index (χ3n) is 8.11. The Morgan fingerprint density at radius 2 is 0.786 bits per heavy atom. The standard InChI is InChI=1S/C36H54N4O2/c1-29(2)35(41)37-31-19-23-33(24-20-31)39(5,6)27-17-15-13-11-9-10-12-14-16-18-28-40(7,8)34-25-21-32(22-26-34)38-36(42)30(3)4/h19-26H,1,3,9-18,27-28H2,2,4-8H3/p+2. The predicted octanol–water partition coefficient (Wildman–Crippen LogP) is 8.45. The molecule has 0 saturated heterocycles. The fraction of sp³-hybridized carbons (Fsp3) is 0.500. The average Bonchev–Trinajstić information content (AvgIpc) is 2.94. The van der Waals surface area contributed by atoms with Crippen molar-refractivity contribution in [3.63, 3.8) is 0 Å². The van der Waals surface area contributed by atoms with Crippen LogP contribution < -0.4 is 19.6 Å². The van der Waals surface area contributed by atoms with Crippen molar-refractivity contribution in [2.75, 3.05) is 51.9 Å². The van der Waals surface area contributed by atoms with Crippen molar-refractivity contribution in [1.29, 1.82) is 0 Å². The van der Waals surface area contributed by atoms with E-state index in [0.717, 1.165) is 33.4 Å². The molecule has 0 heterocycles. The van der Waals surface area contributed by atoms with Crippen molar-refractivity contribution < 1.29 is 9.59 Å². The highest BCUT2D eigenvalue weighted by Gasteiger charge is 2.19. The van der Waals surface area contributed by atoms with Crippen molar-refractivity contribution >= 4 is 34.6 Å². The minimum absolute atomic E-state index is 0.136. The van der Waals surface area contributed by atoms with Gasteiger partial charge in [0, 0.05) is 46.8 Å². The Morgan fingerprint density at radius 3 is 1.05 bits per heavy atom. The van der Waals surface area contributed by atoms with Gasteiger partial charge in [-0.25, -0.2) is 0 Å². The Kier molecular flexibility index (Phi) is 14.2. The van der Waals surface area contributed by atoms with Crippen LogP contribution in [-0.2, 0) is 9.59 Å². The van der Waals surface area contributed by atoms with Crippen LogP contribution in [0.5, 0.6) is 0 Å². The summed E-state index contributed by atoms with van der Waals surface area (Å²) in [5, 5.41) is 5.75. The number of carbonyl (C=O) groups excluding carboxylic acids is 2. The number of carbonyl (C=O) groups is 2. The molecule has 0 atom stereocenters. The van der Waals surface area contributed by atoms with Crippen LogP contribution in [0.3, 0.4) is 0 Å². The summed E-state index contributed by atoms with van der Waals surface area (Å²) in [4.78, 5) is 23.6. The van der Waals surface area contributed by atoms with Gasteiger partial charge in [-0.15, -0.1) is 0 Å². The summed E-state index contributed by atoms with van der Waals surface area (Å²) in [6.07, 6.45) is 13.0. The first-order valence-electron chi connectivity index (χ1n) is 15.6. The molecular weight excluding hydrogens is 520 g/mol. The van der Waals surface area contributed by atoms with E-state index in [1.54, 1.807) is 13.8 Å². The summed E-state index contributed by atoms with van der Waals surface area (Å²) in [6, 6.07) is 16.3. The van der Waals surface area contributed by atoms with Gasteiger partial charge in [-0.05, 0) is 63.8 Å². The highest BCUT2D eigenvalue weighted by atomic mass is 16.2. The Bertz CT molecular complexity index is 1070. The second-order valence-electron chi connectivity index (χ2n) is 12.9. The molecule has 0 bridgehead atoms. The van der Waals surface area contributed by atoms with Gasteiger partial charge in [-0.1, -0.05) is 51.7 Å². The maximum atomic E-state index is 11.8. The molecule has 0 aliphatic rings. The Balaban J connectivity index is 1.53. The normalized spacial score (nSPS) is 11.7. The number of unbranched alkanes of at least 4 members (excludes halogenated alkanes) is 9. The molecule has 0 saturated carbocycles. The maximum Gasteiger partial charge on any atom is 0.250 e. The molecule has 230 valence electrons. The SMILES string of the molecule is C=C(C)C(=O)Nc1ccc([N+](C)(C)CCCCCCCCCCCC[N+](C)(C)c2ccc(NC(=O)C(=C)C)cc2)cc1. The van der Waals surface area contributed by atoms with Gasteiger partial charge in [0.15, 0.2) is 0 Å². The Labute approximate surface area is 255 Å². The molecule has 6 heteroatoms. The van der Waals surface area contributed by atoms with Crippen LogP contribution >= 0.6 is 0 Å². The zero-order chi connectivity index (χ0) is 31.2. The molecule has 2 aromatic carbocycles. The van der Waals surface area contributed by atoms with Crippen LogP contribution in [0.15, 0.2) is 72.8 Å². The number of nitrogens with one attached hydrogen (secondary N) is 2. The molecule has 0 aliphatic carbocycles. The van der Waals surface area contributed by atoms with E-state index in [4.69, 9.17) is 0 Å². The molecule has 0 radical (unpaired) electrons. The smallest absolute Gasteiger partial charge is 0.250 e. The number of nitrogens with zero attached hydrogens (tertiary/aromatic N) is 2. The van der Waals surface area contributed by atoms with Crippen molar-refractivity contribution in [3.05, 3.63) is 72.8 Å². The molecule has 2 rings (SSSR count). The second kappa shape index (κ2) is 17.0. The van der Waals surface area contributed by atoms with Crippen molar-refractivity contribution in [2.24, 2.45) is 0 Å². The maximum absolute atomic E-state index is 11.8. The molecule has 2 amide bonds. The number of quaternary nitrogens is 2. The average molecular weight is 577 g/mol. The summed E-state index contributed by atoms with van der Waals surface area (Å²) >= 11 is 0. The summed E-state index contributed by atoms with van der Waals surface area (Å²) in [6.45, 7) is 13.0. The van der Waals surface area contributed by atoms with E-state index in [1.807, 2.05) is 24.3 Å². The zero-order valence-corrected chi connectivity index (χ0v) is 27.2. The van der Waals surface area contributed by atoms with E-state index in [2.05, 4.69) is 76.2 Å². The number of amides is 2. The van der Waals surface area contributed by atoms with Gasteiger partial charge >= 0.3 is 0 Å². The van der Waals surface area contributed by atoms with E-state index in [1.165, 1.54) is 75.6 Å². The highest BCUT2D eigenvalue weighted by molar-refractivity contribution is 6.03. The zero-order valence-electron chi connectivity index (χ0n) is 27.2. The van der Waals surface area contributed by atoms with Crippen LogP contribution in [0, 0.1) is 0 Å². The fourth-order valence-corrected chi connectivity index (χ4v) is 5.06. The number of rotatable bonds is 19. The van der Waals surface area contributed by atoms with Crippen LogP contribution in [-0.4, -0.2) is 53.1 Å². The molecular formula is C36H56N4O2+2. The molecule has 2 N–H and O–H groups in total. The first kappa shape index (κ1) is 35.0. The van der Waals surface area contributed by atoms with Crippen molar-refractivity contribution in [3.8, 4) is 0 Å². The first-order chi connectivity index (χ1) is 19.8. The molecule has 0 aliphatic heterocycles. The molecule has 0 unspecified atom stereocenters. The molecule has 2 aromatic rings. The van der Waals surface area contributed by atoms with Gasteiger partial charge < -0.3 is 10.6 Å². The quantitative estimate of drug-likeness (QED) is 0.100. The largest absolute Gasteiger partial charge is 0.322 e. The summed E-state index contributed by atoms with van der Waals surface area (Å²) in [7, 11) is 9.02.